The van der Waals surface area contributed by atoms with Gasteiger partial charge in [-0.1, -0.05) is 0 Å². The van der Waals surface area contributed by atoms with E-state index in [1.807, 2.05) is 36.1 Å². The molecule has 0 saturated heterocycles. The molecule has 3 N–H and O–H groups in total. The Bertz CT molecular complexity index is 835. The highest BCUT2D eigenvalue weighted by molar-refractivity contribution is 5.84. The topological polar surface area (TPSA) is 74.3 Å². The van der Waals surface area contributed by atoms with Crippen LogP contribution in [0.15, 0.2) is 42.7 Å². The van der Waals surface area contributed by atoms with Crippen LogP contribution in [0, 0.1) is 0 Å². The minimum atomic E-state index is -0.424. The molecule has 0 aliphatic carbocycles. The van der Waals surface area contributed by atoms with Crippen LogP contribution in [0.25, 0.3) is 10.9 Å². The van der Waals surface area contributed by atoms with Crippen molar-refractivity contribution in [2.24, 2.45) is 0 Å². The third-order valence-corrected chi connectivity index (χ3v) is 3.51. The summed E-state index contributed by atoms with van der Waals surface area (Å²) in [7, 11) is 1.83. The molecule has 0 fully saturated rings. The Balaban J connectivity index is 1.98. The Hall–Kier alpha value is -2.96. The first-order valence-corrected chi connectivity index (χ1v) is 7.62. The molecule has 24 heavy (non-hydrogen) atoms. The summed E-state index contributed by atoms with van der Waals surface area (Å²) in [4.78, 5) is 3.94. The molecule has 0 aliphatic heterocycles. The number of anilines is 1. The molecule has 0 bridgehead atoms. The van der Waals surface area contributed by atoms with E-state index < -0.39 is 6.67 Å². The number of fused-ring (bicyclic) bond motifs is 1. The van der Waals surface area contributed by atoms with Gasteiger partial charge in [0.25, 0.3) is 0 Å². The Morgan fingerprint density at radius 2 is 2.12 bits per heavy atom. The minimum Gasteiger partial charge on any atom is -0.489 e. The maximum Gasteiger partial charge on any atom is 0.170 e. The summed E-state index contributed by atoms with van der Waals surface area (Å²) in [6.07, 6.45) is 3.81. The lowest BCUT2D eigenvalue weighted by atomic mass is 10.2. The fraction of sp³-hybridized carbons (Fsp3) is 0.235. The summed E-state index contributed by atoms with van der Waals surface area (Å²) >= 11 is 0. The lowest BCUT2D eigenvalue weighted by Gasteiger charge is -2.14. The Morgan fingerprint density at radius 3 is 2.88 bits per heavy atom. The van der Waals surface area contributed by atoms with Crippen molar-refractivity contribution in [2.45, 2.75) is 6.42 Å². The van der Waals surface area contributed by atoms with Gasteiger partial charge in [-0.3, -0.25) is 9.07 Å². The van der Waals surface area contributed by atoms with E-state index >= 15 is 0 Å². The molecule has 0 radical (unpaired) electrons. The molecule has 7 heteroatoms. The number of hydrogen-bond acceptors (Lipinski definition) is 5. The fourth-order valence-electron chi connectivity index (χ4n) is 2.38. The van der Waals surface area contributed by atoms with E-state index in [1.54, 1.807) is 18.3 Å². The molecule has 0 atom stereocenters. The third-order valence-electron chi connectivity index (χ3n) is 3.51. The van der Waals surface area contributed by atoms with Crippen molar-refractivity contribution in [2.75, 3.05) is 31.5 Å². The van der Waals surface area contributed by atoms with Gasteiger partial charge in [0.2, 0.25) is 0 Å². The van der Waals surface area contributed by atoms with Crippen molar-refractivity contribution in [3.8, 4) is 17.2 Å². The van der Waals surface area contributed by atoms with Crippen LogP contribution in [-0.2, 0) is 0 Å². The number of benzene rings is 1. The van der Waals surface area contributed by atoms with Gasteiger partial charge in [0.05, 0.1) is 18.8 Å². The van der Waals surface area contributed by atoms with Crippen LogP contribution in [0.5, 0.6) is 17.2 Å². The van der Waals surface area contributed by atoms with Crippen molar-refractivity contribution < 1.29 is 13.9 Å². The number of pyridine rings is 1. The number of nitrogen functional groups attached to an aromatic ring is 1. The number of ether oxygens (including phenoxy) is 2. The molecule has 0 aliphatic rings. The molecule has 1 aromatic carbocycles. The van der Waals surface area contributed by atoms with Crippen molar-refractivity contribution in [1.29, 1.82) is 0 Å². The van der Waals surface area contributed by atoms with Gasteiger partial charge in [-0.05, 0) is 18.2 Å². The standard InChI is InChI=1S/C17H19FN4O2/c1-20-22-7-4-12-9-16(24-13-3-6-21-17(19)10-13)15(11-14(12)22)23-8-2-5-18/h3-4,6-7,9-11,20H,2,5,8H2,1H3,(H2,19,21). The average molecular weight is 330 g/mol. The van der Waals surface area contributed by atoms with Crippen LogP contribution in [0.3, 0.4) is 0 Å². The summed E-state index contributed by atoms with van der Waals surface area (Å²) in [6, 6.07) is 9.05. The highest BCUT2D eigenvalue weighted by Crippen LogP contribution is 2.36. The zero-order chi connectivity index (χ0) is 16.9. The summed E-state index contributed by atoms with van der Waals surface area (Å²) in [5.41, 5.74) is 9.68. The maximum atomic E-state index is 12.4. The summed E-state index contributed by atoms with van der Waals surface area (Å²) in [5, 5.41) is 0.985. The van der Waals surface area contributed by atoms with Gasteiger partial charge in [0.15, 0.2) is 11.5 Å². The lowest BCUT2D eigenvalue weighted by Crippen LogP contribution is -2.06. The van der Waals surface area contributed by atoms with Crippen LogP contribution in [0.4, 0.5) is 10.2 Å². The molecule has 3 aromatic rings. The average Bonchev–Trinajstić information content (AvgIpc) is 2.97. The minimum absolute atomic E-state index is 0.275. The normalized spacial score (nSPS) is 10.8. The number of aromatic nitrogens is 2. The summed E-state index contributed by atoms with van der Waals surface area (Å²) in [6.45, 7) is -0.149. The van der Waals surface area contributed by atoms with E-state index in [-0.39, 0.29) is 6.61 Å². The molecular weight excluding hydrogens is 311 g/mol. The van der Waals surface area contributed by atoms with Gasteiger partial charge >= 0.3 is 0 Å². The zero-order valence-electron chi connectivity index (χ0n) is 13.3. The van der Waals surface area contributed by atoms with E-state index in [0.29, 0.717) is 29.5 Å². The second-order valence-electron chi connectivity index (χ2n) is 5.18. The van der Waals surface area contributed by atoms with Crippen molar-refractivity contribution in [3.05, 3.63) is 42.7 Å². The predicted octanol–water partition coefficient (Wildman–Crippen LogP) is 3.32. The van der Waals surface area contributed by atoms with Gasteiger partial charge < -0.3 is 20.6 Å². The van der Waals surface area contributed by atoms with E-state index in [1.165, 1.54) is 0 Å². The second kappa shape index (κ2) is 7.08. The van der Waals surface area contributed by atoms with E-state index in [2.05, 4.69) is 10.4 Å². The van der Waals surface area contributed by atoms with Crippen molar-refractivity contribution in [1.82, 2.24) is 9.66 Å². The molecule has 2 aromatic heterocycles. The van der Waals surface area contributed by atoms with E-state index in [9.17, 15) is 4.39 Å². The number of halogens is 1. The van der Waals surface area contributed by atoms with Gasteiger partial charge in [-0.15, -0.1) is 0 Å². The highest BCUT2D eigenvalue weighted by Gasteiger charge is 2.12. The quantitative estimate of drug-likeness (QED) is 0.650. The largest absolute Gasteiger partial charge is 0.489 e. The Morgan fingerprint density at radius 1 is 1.25 bits per heavy atom. The molecule has 0 amide bonds. The molecule has 3 rings (SSSR count). The van der Waals surface area contributed by atoms with Crippen LogP contribution in [0.2, 0.25) is 0 Å². The molecule has 0 unspecified atom stereocenters. The number of alkyl halides is 1. The number of rotatable bonds is 7. The number of nitrogens with zero attached hydrogens (tertiary/aromatic N) is 2. The van der Waals surface area contributed by atoms with E-state index in [0.717, 1.165) is 10.9 Å². The highest BCUT2D eigenvalue weighted by atomic mass is 19.1. The molecule has 0 spiro atoms. The fourth-order valence-corrected chi connectivity index (χ4v) is 2.38. The van der Waals surface area contributed by atoms with Crippen LogP contribution < -0.4 is 20.6 Å². The monoisotopic (exact) mass is 330 g/mol. The zero-order valence-corrected chi connectivity index (χ0v) is 13.3. The summed E-state index contributed by atoms with van der Waals surface area (Å²) in [5.74, 6) is 2.02. The van der Waals surface area contributed by atoms with Gasteiger partial charge in [-0.25, -0.2) is 4.98 Å². The first-order chi connectivity index (χ1) is 11.7. The van der Waals surface area contributed by atoms with Gasteiger partial charge in [0, 0.05) is 43.4 Å². The van der Waals surface area contributed by atoms with Crippen molar-refractivity contribution in [3.63, 3.8) is 0 Å². The Kier molecular flexibility index (Phi) is 4.69. The first kappa shape index (κ1) is 15.9. The number of hydrogen-bond donors (Lipinski definition) is 2. The van der Waals surface area contributed by atoms with E-state index in [4.69, 9.17) is 15.2 Å². The first-order valence-electron chi connectivity index (χ1n) is 7.62. The van der Waals surface area contributed by atoms with Gasteiger partial charge in [-0.2, -0.15) is 0 Å². The van der Waals surface area contributed by atoms with Crippen LogP contribution in [-0.4, -0.2) is 30.0 Å². The van der Waals surface area contributed by atoms with Crippen LogP contribution >= 0.6 is 0 Å². The second-order valence-corrected chi connectivity index (χ2v) is 5.18. The van der Waals surface area contributed by atoms with Crippen molar-refractivity contribution >= 4 is 16.7 Å². The number of nitrogens with two attached hydrogens (primary N) is 1. The van der Waals surface area contributed by atoms with Crippen LogP contribution in [0.1, 0.15) is 6.42 Å². The predicted molar refractivity (Wildman–Crippen MR) is 92.0 cm³/mol. The Labute approximate surface area is 139 Å². The molecule has 2 heterocycles. The molecule has 126 valence electrons. The lowest BCUT2D eigenvalue weighted by molar-refractivity contribution is 0.279. The molecule has 6 nitrogen and oxygen atoms in total. The maximum absolute atomic E-state index is 12.4. The smallest absolute Gasteiger partial charge is 0.170 e. The summed E-state index contributed by atoms with van der Waals surface area (Å²) < 4.78 is 25.8. The third kappa shape index (κ3) is 3.34. The molecular formula is C17H19FN4O2. The van der Waals surface area contributed by atoms with Gasteiger partial charge in [0.1, 0.15) is 11.6 Å². The SMILES string of the molecule is CNn1ccc2cc(Oc3ccnc(N)c3)c(OCCCF)cc21. The molecule has 0 saturated carbocycles. The number of nitrogens with one attached hydrogen (secondary N) is 1.